The first-order valence-corrected chi connectivity index (χ1v) is 22.6. The molecule has 50 heavy (non-hydrogen) atoms. The fraction of sp³-hybridized carbons (Fsp3) is 0.755. The Bertz CT molecular complexity index is 796. The van der Waals surface area contributed by atoms with Gasteiger partial charge in [-0.15, -0.1) is 0 Å². The van der Waals surface area contributed by atoms with Gasteiger partial charge >= 0.3 is 0 Å². The van der Waals surface area contributed by atoms with Crippen molar-refractivity contribution in [3.8, 4) is 0 Å². The molecule has 0 bridgehead atoms. The van der Waals surface area contributed by atoms with E-state index in [9.17, 15) is 0 Å². The minimum atomic E-state index is 1.18. The Morgan fingerprint density at radius 2 is 0.620 bits per heavy atom. The van der Waals surface area contributed by atoms with Gasteiger partial charge in [0.15, 0.2) is 0 Å². The number of rotatable bonds is 38. The van der Waals surface area contributed by atoms with Crippen molar-refractivity contribution >= 4 is 0 Å². The largest absolute Gasteiger partial charge is 0.320 e. The van der Waals surface area contributed by atoms with E-state index in [0.29, 0.717) is 0 Å². The van der Waals surface area contributed by atoms with Crippen molar-refractivity contribution in [1.82, 2.24) is 0 Å². The molecule has 0 heterocycles. The van der Waals surface area contributed by atoms with Gasteiger partial charge in [-0.2, -0.15) is 0 Å². The average Bonchev–Trinajstić information content (AvgIpc) is 3.13. The van der Waals surface area contributed by atoms with Crippen LogP contribution in [-0.4, -0.2) is 24.1 Å². The summed E-state index contributed by atoms with van der Waals surface area (Å²) in [5.74, 6) is 0. The maximum absolute atomic E-state index is 2.40. The molecule has 0 saturated heterocycles. The number of hydrogen-bond acceptors (Lipinski definition) is 0. The van der Waals surface area contributed by atoms with E-state index in [1.54, 1.807) is 5.56 Å². The van der Waals surface area contributed by atoms with E-state index >= 15 is 0 Å². The van der Waals surface area contributed by atoms with Gasteiger partial charge in [-0.25, -0.2) is 0 Å². The van der Waals surface area contributed by atoms with Gasteiger partial charge in [0.1, 0.15) is 6.54 Å². The van der Waals surface area contributed by atoms with Gasteiger partial charge in [0.05, 0.1) is 19.6 Å². The molecule has 0 unspecified atom stereocenters. The number of nitrogens with zero attached hydrogens (tertiary/aromatic N) is 1. The number of hydrogen-bond donors (Lipinski definition) is 0. The lowest BCUT2D eigenvalue weighted by molar-refractivity contribution is -0.941. The van der Waals surface area contributed by atoms with Crippen LogP contribution < -0.4 is 0 Å². The van der Waals surface area contributed by atoms with Crippen LogP contribution in [0.2, 0.25) is 0 Å². The lowest BCUT2D eigenvalue weighted by Crippen LogP contribution is -2.49. The summed E-state index contributed by atoms with van der Waals surface area (Å²) >= 11 is 0. The molecule has 0 spiro atoms. The Kier molecular flexibility index (Phi) is 34.5. The molecule has 1 aromatic carbocycles. The molecule has 0 aliphatic heterocycles. The molecular formula is C49H88N+. The minimum absolute atomic E-state index is 1.18. The molecule has 0 radical (unpaired) electrons. The lowest BCUT2D eigenvalue weighted by atomic mass is 10.0. The van der Waals surface area contributed by atoms with Crippen LogP contribution in [-0.2, 0) is 6.54 Å². The summed E-state index contributed by atoms with van der Waals surface area (Å²) in [5.41, 5.74) is 1.56. The molecule has 0 fully saturated rings. The number of unbranched alkanes of at least 4 members (excludes halogenated alkanes) is 24. The minimum Gasteiger partial charge on any atom is -0.320 e. The van der Waals surface area contributed by atoms with Crippen LogP contribution >= 0.6 is 0 Å². The first kappa shape index (κ1) is 46.4. The van der Waals surface area contributed by atoms with Crippen LogP contribution in [0.1, 0.15) is 219 Å². The first-order valence-electron chi connectivity index (χ1n) is 22.6. The quantitative estimate of drug-likeness (QED) is 0.0368. The van der Waals surface area contributed by atoms with Gasteiger partial charge in [-0.3, -0.25) is 0 Å². The van der Waals surface area contributed by atoms with Crippen LogP contribution in [0.5, 0.6) is 0 Å². The zero-order valence-electron chi connectivity index (χ0n) is 34.3. The van der Waals surface area contributed by atoms with E-state index in [-0.39, 0.29) is 0 Å². The van der Waals surface area contributed by atoms with Crippen molar-refractivity contribution in [3.05, 3.63) is 72.4 Å². The van der Waals surface area contributed by atoms with Crippen molar-refractivity contribution in [1.29, 1.82) is 0 Å². The van der Waals surface area contributed by atoms with E-state index in [1.807, 2.05) is 0 Å². The van der Waals surface area contributed by atoms with Gasteiger partial charge in [-0.05, 0) is 96.3 Å². The van der Waals surface area contributed by atoms with E-state index in [4.69, 9.17) is 0 Å². The average molecular weight is 691 g/mol. The van der Waals surface area contributed by atoms with E-state index in [1.165, 1.54) is 223 Å². The third-order valence-corrected chi connectivity index (χ3v) is 10.8. The van der Waals surface area contributed by atoms with Crippen molar-refractivity contribution in [2.45, 2.75) is 220 Å². The maximum atomic E-state index is 2.40. The summed E-state index contributed by atoms with van der Waals surface area (Å²) in [6.07, 6.45) is 55.6. The van der Waals surface area contributed by atoms with Crippen molar-refractivity contribution in [2.24, 2.45) is 0 Å². The molecule has 1 nitrogen and oxygen atoms in total. The normalized spacial score (nSPS) is 12.4. The maximum Gasteiger partial charge on any atom is 0.104 e. The Morgan fingerprint density at radius 3 is 0.920 bits per heavy atom. The predicted octanol–water partition coefficient (Wildman–Crippen LogP) is 16.4. The van der Waals surface area contributed by atoms with Crippen LogP contribution in [0.3, 0.4) is 0 Å². The number of quaternary nitrogens is 1. The standard InChI is InChI=1S/C49H88N/c1-4-7-10-13-16-19-22-25-28-31-34-40-45-50(48-49-43-38-37-39-44-49,46-41-35-32-29-26-23-20-17-14-11-8-5-2)47-42-36-33-30-27-24-21-18-15-12-9-6-3/h7-12,37-39,43-44H,4-6,13-36,40-42,45-48H2,1-3H3/q+1/b10-7+,11-8+,12-9+. The van der Waals surface area contributed by atoms with Gasteiger partial charge in [0, 0.05) is 5.56 Å². The fourth-order valence-electron chi connectivity index (χ4n) is 7.71. The van der Waals surface area contributed by atoms with Crippen molar-refractivity contribution in [2.75, 3.05) is 19.6 Å². The second-order valence-corrected chi connectivity index (χ2v) is 15.6. The highest BCUT2D eigenvalue weighted by molar-refractivity contribution is 5.13. The SMILES string of the molecule is CC/C=C/CCCCCCCCCC[N+](CCCCCCCCCC/C=C/CC)(CCCCCCCCCC/C=C/CC)Cc1ccccc1. The number of benzene rings is 1. The Morgan fingerprint density at radius 1 is 0.340 bits per heavy atom. The second-order valence-electron chi connectivity index (χ2n) is 15.6. The number of allylic oxidation sites excluding steroid dienone is 6. The van der Waals surface area contributed by atoms with E-state index < -0.39 is 0 Å². The third-order valence-electron chi connectivity index (χ3n) is 10.8. The topological polar surface area (TPSA) is 0 Å². The van der Waals surface area contributed by atoms with Crippen LogP contribution in [0, 0.1) is 0 Å². The summed E-state index contributed by atoms with van der Waals surface area (Å²) in [5, 5.41) is 0. The van der Waals surface area contributed by atoms with Gasteiger partial charge in [0.25, 0.3) is 0 Å². The summed E-state index contributed by atoms with van der Waals surface area (Å²) in [7, 11) is 0. The van der Waals surface area contributed by atoms with E-state index in [0.717, 1.165) is 0 Å². The highest BCUT2D eigenvalue weighted by Gasteiger charge is 2.26. The monoisotopic (exact) mass is 691 g/mol. The first-order chi connectivity index (χ1) is 24.8. The van der Waals surface area contributed by atoms with Crippen LogP contribution in [0.15, 0.2) is 66.8 Å². The smallest absolute Gasteiger partial charge is 0.104 e. The highest BCUT2D eigenvalue weighted by atomic mass is 15.3. The van der Waals surface area contributed by atoms with Crippen LogP contribution in [0.4, 0.5) is 0 Å². The molecule has 1 heteroatoms. The molecule has 0 atom stereocenters. The molecule has 0 amide bonds. The molecule has 288 valence electrons. The van der Waals surface area contributed by atoms with E-state index in [2.05, 4.69) is 87.6 Å². The molecule has 0 aliphatic carbocycles. The second kappa shape index (κ2) is 37.2. The molecule has 0 aliphatic rings. The van der Waals surface area contributed by atoms with Crippen molar-refractivity contribution in [3.63, 3.8) is 0 Å². The van der Waals surface area contributed by atoms with Gasteiger partial charge in [-0.1, -0.05) is 184 Å². The predicted molar refractivity (Wildman–Crippen MR) is 228 cm³/mol. The Balaban J connectivity index is 2.56. The summed E-state index contributed by atoms with van der Waals surface area (Å²) in [6, 6.07) is 11.5. The molecular weight excluding hydrogens is 603 g/mol. The highest BCUT2D eigenvalue weighted by Crippen LogP contribution is 2.23. The third kappa shape index (κ3) is 30.1. The lowest BCUT2D eigenvalue weighted by Gasteiger charge is -2.39. The zero-order chi connectivity index (χ0) is 35.9. The summed E-state index contributed by atoms with van der Waals surface area (Å²) < 4.78 is 1.34. The molecule has 0 saturated carbocycles. The van der Waals surface area contributed by atoms with Crippen LogP contribution in [0.25, 0.3) is 0 Å². The fourth-order valence-corrected chi connectivity index (χ4v) is 7.71. The summed E-state index contributed by atoms with van der Waals surface area (Å²) in [6.45, 7) is 12.1. The molecule has 1 rings (SSSR count). The Hall–Kier alpha value is -1.60. The van der Waals surface area contributed by atoms with Gasteiger partial charge in [0.2, 0.25) is 0 Å². The zero-order valence-corrected chi connectivity index (χ0v) is 34.3. The summed E-state index contributed by atoms with van der Waals surface area (Å²) in [4.78, 5) is 0. The molecule has 0 aromatic heterocycles. The Labute approximate surface area is 315 Å². The van der Waals surface area contributed by atoms with Gasteiger partial charge < -0.3 is 4.48 Å². The molecule has 0 N–H and O–H groups in total. The van der Waals surface area contributed by atoms with Crippen molar-refractivity contribution < 1.29 is 4.48 Å². The molecule has 1 aromatic rings.